The molecule has 1 rings (SSSR count). The lowest BCUT2D eigenvalue weighted by Gasteiger charge is -2.20. The van der Waals surface area contributed by atoms with Gasteiger partial charge in [-0.05, 0) is 6.92 Å². The molecule has 14 heavy (non-hydrogen) atoms. The molecule has 5 nitrogen and oxygen atoms in total. The maximum absolute atomic E-state index is 13.2. The van der Waals surface area contributed by atoms with Crippen LogP contribution in [0.2, 0.25) is 0 Å². The van der Waals surface area contributed by atoms with E-state index in [2.05, 4.69) is 9.97 Å². The third-order valence-corrected chi connectivity index (χ3v) is 1.80. The van der Waals surface area contributed by atoms with Gasteiger partial charge in [-0.2, -0.15) is 4.98 Å². The Hall–Kier alpha value is -1.43. The summed E-state index contributed by atoms with van der Waals surface area (Å²) in [4.78, 5) is 8.88. The van der Waals surface area contributed by atoms with Crippen LogP contribution < -0.4 is 10.6 Å². The molecule has 0 saturated heterocycles. The Bertz CT molecular complexity index is 307. The quantitative estimate of drug-likeness (QED) is 0.716. The van der Waals surface area contributed by atoms with Gasteiger partial charge in [0.05, 0.1) is 12.8 Å². The largest absolute Gasteiger partial charge is 0.395 e. The minimum absolute atomic E-state index is 0.0257. The fraction of sp³-hybridized carbons (Fsp3) is 0.500. The van der Waals surface area contributed by atoms with E-state index in [9.17, 15) is 4.39 Å². The van der Waals surface area contributed by atoms with Crippen molar-refractivity contribution in [3.8, 4) is 0 Å². The van der Waals surface area contributed by atoms with Crippen molar-refractivity contribution in [1.29, 1.82) is 0 Å². The normalized spacial score (nSPS) is 10.2. The lowest BCUT2D eigenvalue weighted by atomic mass is 10.4. The second kappa shape index (κ2) is 4.71. The summed E-state index contributed by atoms with van der Waals surface area (Å²) < 4.78 is 13.2. The first kappa shape index (κ1) is 10.6. The summed E-state index contributed by atoms with van der Waals surface area (Å²) in [5, 5.41) is 8.75. The zero-order valence-corrected chi connectivity index (χ0v) is 7.94. The van der Waals surface area contributed by atoms with Crippen molar-refractivity contribution in [3.63, 3.8) is 0 Å². The average Bonchev–Trinajstić information content (AvgIpc) is 2.18. The molecule has 0 fully saturated rings. The topological polar surface area (TPSA) is 75.3 Å². The Kier molecular flexibility index (Phi) is 3.58. The highest BCUT2D eigenvalue weighted by atomic mass is 19.1. The molecule has 78 valence electrons. The first-order valence-corrected chi connectivity index (χ1v) is 4.32. The van der Waals surface area contributed by atoms with E-state index in [4.69, 9.17) is 10.8 Å². The number of anilines is 2. The molecule has 1 aromatic heterocycles. The maximum Gasteiger partial charge on any atom is 0.222 e. The van der Waals surface area contributed by atoms with Crippen molar-refractivity contribution in [2.24, 2.45) is 0 Å². The number of nitrogens with zero attached hydrogens (tertiary/aromatic N) is 3. The number of aliphatic hydroxyl groups is 1. The minimum atomic E-state index is -0.533. The molecule has 0 unspecified atom stereocenters. The lowest BCUT2D eigenvalue weighted by molar-refractivity contribution is 0.301. The highest BCUT2D eigenvalue weighted by Gasteiger charge is 2.11. The van der Waals surface area contributed by atoms with Crippen molar-refractivity contribution in [1.82, 2.24) is 9.97 Å². The van der Waals surface area contributed by atoms with E-state index in [1.54, 1.807) is 4.90 Å². The van der Waals surface area contributed by atoms with Crippen LogP contribution in [0.1, 0.15) is 6.92 Å². The molecule has 0 aliphatic carbocycles. The van der Waals surface area contributed by atoms with Crippen LogP contribution in [0.15, 0.2) is 6.20 Å². The van der Waals surface area contributed by atoms with E-state index >= 15 is 0 Å². The molecule has 0 aliphatic heterocycles. The van der Waals surface area contributed by atoms with E-state index < -0.39 is 5.82 Å². The number of nitrogens with two attached hydrogens (primary N) is 1. The van der Waals surface area contributed by atoms with E-state index in [1.807, 2.05) is 6.92 Å². The summed E-state index contributed by atoms with van der Waals surface area (Å²) in [6.07, 6.45) is 1.03. The number of hydrogen-bond acceptors (Lipinski definition) is 5. The molecular weight excluding hydrogens is 187 g/mol. The van der Waals surface area contributed by atoms with E-state index in [0.29, 0.717) is 13.1 Å². The van der Waals surface area contributed by atoms with Gasteiger partial charge in [0.25, 0.3) is 0 Å². The smallest absolute Gasteiger partial charge is 0.222 e. The van der Waals surface area contributed by atoms with Gasteiger partial charge in [0.2, 0.25) is 5.95 Å². The van der Waals surface area contributed by atoms with Gasteiger partial charge in [-0.25, -0.2) is 9.37 Å². The third-order valence-electron chi connectivity index (χ3n) is 1.80. The van der Waals surface area contributed by atoms with Gasteiger partial charge < -0.3 is 15.7 Å². The Morgan fingerprint density at radius 1 is 1.64 bits per heavy atom. The average molecular weight is 200 g/mol. The SMILES string of the molecule is CCN(CCO)c1nc(N)ncc1F. The summed E-state index contributed by atoms with van der Waals surface area (Å²) in [6.45, 7) is 2.66. The Morgan fingerprint density at radius 3 is 2.93 bits per heavy atom. The monoisotopic (exact) mass is 200 g/mol. The van der Waals surface area contributed by atoms with Crippen molar-refractivity contribution < 1.29 is 9.50 Å². The maximum atomic E-state index is 13.2. The lowest BCUT2D eigenvalue weighted by Crippen LogP contribution is -2.28. The molecule has 1 aromatic rings. The number of hydrogen-bond donors (Lipinski definition) is 2. The van der Waals surface area contributed by atoms with Gasteiger partial charge in [-0.3, -0.25) is 0 Å². The number of aromatic nitrogens is 2. The zero-order chi connectivity index (χ0) is 10.6. The molecule has 0 bridgehead atoms. The molecule has 0 atom stereocenters. The molecule has 1 heterocycles. The first-order valence-electron chi connectivity index (χ1n) is 4.32. The Labute approximate surface area is 81.4 Å². The predicted octanol–water partition coefficient (Wildman–Crippen LogP) is 0.0165. The molecule has 0 spiro atoms. The van der Waals surface area contributed by atoms with Crippen LogP contribution in [0, 0.1) is 5.82 Å². The van der Waals surface area contributed by atoms with E-state index in [1.165, 1.54) is 0 Å². The van der Waals surface area contributed by atoms with Crippen molar-refractivity contribution >= 4 is 11.8 Å². The van der Waals surface area contributed by atoms with Crippen LogP contribution in [-0.4, -0.2) is 34.8 Å². The van der Waals surface area contributed by atoms with E-state index in [0.717, 1.165) is 6.20 Å². The second-order valence-electron chi connectivity index (χ2n) is 2.70. The standard InChI is InChI=1S/C8H13FN4O/c1-2-13(3-4-14)7-6(9)5-11-8(10)12-7/h5,14H,2-4H2,1H3,(H2,10,11,12). The van der Waals surface area contributed by atoms with Crippen LogP contribution in [0.5, 0.6) is 0 Å². The van der Waals surface area contributed by atoms with Gasteiger partial charge in [-0.15, -0.1) is 0 Å². The van der Waals surface area contributed by atoms with Crippen LogP contribution in [-0.2, 0) is 0 Å². The minimum Gasteiger partial charge on any atom is -0.395 e. The van der Waals surface area contributed by atoms with Crippen molar-refractivity contribution in [3.05, 3.63) is 12.0 Å². The molecule has 3 N–H and O–H groups in total. The summed E-state index contributed by atoms with van der Waals surface area (Å²) in [5.41, 5.74) is 5.34. The number of nitrogen functional groups attached to an aromatic ring is 1. The summed E-state index contributed by atoms with van der Waals surface area (Å²) in [6, 6.07) is 0. The van der Waals surface area contributed by atoms with Gasteiger partial charge in [0, 0.05) is 13.1 Å². The molecule has 0 radical (unpaired) electrons. The van der Waals surface area contributed by atoms with Crippen molar-refractivity contribution in [2.75, 3.05) is 30.3 Å². The highest BCUT2D eigenvalue weighted by molar-refractivity contribution is 5.42. The van der Waals surface area contributed by atoms with Gasteiger partial charge in [0.15, 0.2) is 11.6 Å². The van der Waals surface area contributed by atoms with Crippen molar-refractivity contribution in [2.45, 2.75) is 6.92 Å². The summed E-state index contributed by atoms with van der Waals surface area (Å²) in [5.74, 6) is -0.374. The van der Waals surface area contributed by atoms with Crippen LogP contribution in [0.4, 0.5) is 16.2 Å². The predicted molar refractivity (Wildman–Crippen MR) is 51.4 cm³/mol. The fourth-order valence-corrected chi connectivity index (χ4v) is 1.13. The number of likely N-dealkylation sites (N-methyl/N-ethyl adjacent to an activating group) is 1. The Morgan fingerprint density at radius 2 is 2.36 bits per heavy atom. The van der Waals surface area contributed by atoms with Gasteiger partial charge in [-0.1, -0.05) is 0 Å². The first-order chi connectivity index (χ1) is 6.69. The molecule has 0 saturated carbocycles. The Balaban J connectivity index is 2.96. The van der Waals surface area contributed by atoms with E-state index in [-0.39, 0.29) is 18.4 Å². The summed E-state index contributed by atoms with van der Waals surface area (Å²) in [7, 11) is 0. The third kappa shape index (κ3) is 2.29. The van der Waals surface area contributed by atoms with Gasteiger partial charge in [0.1, 0.15) is 0 Å². The number of halogens is 1. The zero-order valence-electron chi connectivity index (χ0n) is 7.94. The molecule has 0 aliphatic rings. The van der Waals surface area contributed by atoms with Crippen LogP contribution in [0.3, 0.4) is 0 Å². The highest BCUT2D eigenvalue weighted by Crippen LogP contribution is 2.15. The fourth-order valence-electron chi connectivity index (χ4n) is 1.13. The van der Waals surface area contributed by atoms with Gasteiger partial charge >= 0.3 is 0 Å². The molecule has 6 heteroatoms. The van der Waals surface area contributed by atoms with Crippen LogP contribution in [0.25, 0.3) is 0 Å². The second-order valence-corrected chi connectivity index (χ2v) is 2.70. The molecule has 0 aromatic carbocycles. The number of aliphatic hydroxyl groups excluding tert-OH is 1. The number of rotatable bonds is 4. The van der Waals surface area contributed by atoms with Crippen LogP contribution >= 0.6 is 0 Å². The summed E-state index contributed by atoms with van der Waals surface area (Å²) >= 11 is 0. The molecular formula is C8H13FN4O. The molecule has 0 amide bonds.